The molecule has 2 aromatic rings. The smallest absolute Gasteiger partial charge is 0.322 e. The second kappa shape index (κ2) is 8.90. The van der Waals surface area contributed by atoms with Crippen molar-refractivity contribution in [2.45, 2.75) is 39.8 Å². The van der Waals surface area contributed by atoms with Crippen molar-refractivity contribution in [3.8, 4) is 5.75 Å². The summed E-state index contributed by atoms with van der Waals surface area (Å²) in [5, 5.41) is 2.97. The van der Waals surface area contributed by atoms with Gasteiger partial charge >= 0.3 is 16.1 Å². The molecule has 2 amide bonds. The lowest BCUT2D eigenvalue weighted by molar-refractivity contribution is 0.187. The van der Waals surface area contributed by atoms with E-state index in [0.29, 0.717) is 6.54 Å². The Morgan fingerprint density at radius 1 is 1.15 bits per heavy atom. The predicted molar refractivity (Wildman–Crippen MR) is 107 cm³/mol. The number of anilines is 1. The van der Waals surface area contributed by atoms with Crippen LogP contribution in [-0.4, -0.2) is 31.6 Å². The fourth-order valence-electron chi connectivity index (χ4n) is 2.57. The molecule has 6 nitrogen and oxygen atoms in total. The first kappa shape index (κ1) is 20.8. The number of amides is 2. The third kappa shape index (κ3) is 6.29. The van der Waals surface area contributed by atoms with Crippen LogP contribution in [0.1, 0.15) is 31.4 Å². The molecule has 146 valence electrons. The summed E-state index contributed by atoms with van der Waals surface area (Å²) < 4.78 is 27.2. The summed E-state index contributed by atoms with van der Waals surface area (Å²) in [6.07, 6.45) is 1.82. The second-order valence-electron chi connectivity index (χ2n) is 6.56. The lowest BCUT2D eigenvalue weighted by Gasteiger charge is -2.29. The van der Waals surface area contributed by atoms with Crippen molar-refractivity contribution in [3.05, 3.63) is 59.7 Å². The van der Waals surface area contributed by atoms with E-state index in [0.717, 1.165) is 29.5 Å². The number of carbonyl (C=O) groups excluding carboxylic acids is 1. The molecule has 1 N–H and O–H groups in total. The highest BCUT2D eigenvalue weighted by molar-refractivity contribution is 7.86. The molecule has 1 atom stereocenters. The summed E-state index contributed by atoms with van der Waals surface area (Å²) in [7, 11) is -3.56. The highest BCUT2D eigenvalue weighted by atomic mass is 32.2. The van der Waals surface area contributed by atoms with Crippen molar-refractivity contribution >= 4 is 21.8 Å². The Kier molecular flexibility index (Phi) is 6.85. The molecule has 0 aliphatic heterocycles. The van der Waals surface area contributed by atoms with E-state index < -0.39 is 10.1 Å². The number of hydrogen-bond donors (Lipinski definition) is 1. The summed E-state index contributed by atoms with van der Waals surface area (Å²) >= 11 is 0. The fraction of sp³-hybridized carbons (Fsp3) is 0.350. The SMILES string of the molecule is CCC(C)N(Cc1ccc(OS(C)(=O)=O)cc1)C(=O)Nc1ccccc1C. The van der Waals surface area contributed by atoms with E-state index in [-0.39, 0.29) is 17.8 Å². The summed E-state index contributed by atoms with van der Waals surface area (Å²) in [6, 6.07) is 14.2. The highest BCUT2D eigenvalue weighted by Crippen LogP contribution is 2.19. The van der Waals surface area contributed by atoms with Gasteiger partial charge in [0.25, 0.3) is 0 Å². The number of rotatable bonds is 7. The molecular weight excluding hydrogens is 364 g/mol. The first-order valence-corrected chi connectivity index (χ1v) is 10.6. The molecule has 0 aromatic heterocycles. The van der Waals surface area contributed by atoms with Gasteiger partial charge in [0.05, 0.1) is 6.26 Å². The molecular formula is C20H26N2O4S. The van der Waals surface area contributed by atoms with Gasteiger partial charge in [0.15, 0.2) is 0 Å². The number of carbonyl (C=O) groups is 1. The van der Waals surface area contributed by atoms with Gasteiger partial charge in [-0.2, -0.15) is 8.42 Å². The van der Waals surface area contributed by atoms with Crippen molar-refractivity contribution in [1.29, 1.82) is 0 Å². The topological polar surface area (TPSA) is 75.7 Å². The molecule has 0 aliphatic carbocycles. The molecule has 0 heterocycles. The average Bonchev–Trinajstić information content (AvgIpc) is 2.61. The first-order chi connectivity index (χ1) is 12.7. The van der Waals surface area contributed by atoms with Gasteiger partial charge < -0.3 is 14.4 Å². The molecule has 0 aliphatic rings. The van der Waals surface area contributed by atoms with Gasteiger partial charge in [0, 0.05) is 18.3 Å². The first-order valence-electron chi connectivity index (χ1n) is 8.81. The van der Waals surface area contributed by atoms with Crippen LogP contribution in [-0.2, 0) is 16.7 Å². The zero-order chi connectivity index (χ0) is 20.0. The number of para-hydroxylation sites is 1. The summed E-state index contributed by atoms with van der Waals surface area (Å²) in [6.45, 7) is 6.38. The predicted octanol–water partition coefficient (Wildman–Crippen LogP) is 4.17. The van der Waals surface area contributed by atoms with Crippen molar-refractivity contribution in [1.82, 2.24) is 4.90 Å². The van der Waals surface area contributed by atoms with E-state index >= 15 is 0 Å². The molecule has 2 rings (SSSR count). The fourth-order valence-corrected chi connectivity index (χ4v) is 3.03. The molecule has 27 heavy (non-hydrogen) atoms. The Bertz CT molecular complexity index is 879. The van der Waals surface area contributed by atoms with Crippen molar-refractivity contribution in [3.63, 3.8) is 0 Å². The van der Waals surface area contributed by atoms with Crippen LogP contribution in [0.2, 0.25) is 0 Å². The third-order valence-corrected chi connectivity index (χ3v) is 4.79. The third-order valence-electron chi connectivity index (χ3n) is 4.29. The van der Waals surface area contributed by atoms with Crippen LogP contribution in [0.5, 0.6) is 5.75 Å². The van der Waals surface area contributed by atoms with Crippen molar-refractivity contribution in [2.75, 3.05) is 11.6 Å². The maximum atomic E-state index is 12.8. The van der Waals surface area contributed by atoms with Crippen LogP contribution in [0.15, 0.2) is 48.5 Å². The van der Waals surface area contributed by atoms with Gasteiger partial charge in [-0.3, -0.25) is 0 Å². The molecule has 0 fully saturated rings. The van der Waals surface area contributed by atoms with Crippen LogP contribution in [0.25, 0.3) is 0 Å². The largest absolute Gasteiger partial charge is 0.383 e. The van der Waals surface area contributed by atoms with E-state index in [4.69, 9.17) is 4.18 Å². The molecule has 1 unspecified atom stereocenters. The van der Waals surface area contributed by atoms with E-state index in [2.05, 4.69) is 5.32 Å². The lowest BCUT2D eigenvalue weighted by atomic mass is 10.1. The van der Waals surface area contributed by atoms with E-state index in [1.165, 1.54) is 0 Å². The van der Waals surface area contributed by atoms with Crippen molar-refractivity contribution in [2.24, 2.45) is 0 Å². The monoisotopic (exact) mass is 390 g/mol. The maximum absolute atomic E-state index is 12.8. The van der Waals surface area contributed by atoms with Gasteiger partial charge in [-0.05, 0) is 49.6 Å². The molecule has 2 aromatic carbocycles. The van der Waals surface area contributed by atoms with Crippen LogP contribution in [0.4, 0.5) is 10.5 Å². The number of urea groups is 1. The number of aryl methyl sites for hydroxylation is 1. The summed E-state index contributed by atoms with van der Waals surface area (Å²) in [4.78, 5) is 14.6. The average molecular weight is 391 g/mol. The molecule has 0 saturated heterocycles. The number of nitrogens with zero attached hydrogens (tertiary/aromatic N) is 1. The number of hydrogen-bond acceptors (Lipinski definition) is 4. The molecule has 0 radical (unpaired) electrons. The molecule has 0 spiro atoms. The maximum Gasteiger partial charge on any atom is 0.322 e. The quantitative estimate of drug-likeness (QED) is 0.720. The van der Waals surface area contributed by atoms with Crippen molar-refractivity contribution < 1.29 is 17.4 Å². The van der Waals surface area contributed by atoms with Gasteiger partial charge in [0.2, 0.25) is 0 Å². The molecule has 0 bridgehead atoms. The highest BCUT2D eigenvalue weighted by Gasteiger charge is 2.20. The Balaban J connectivity index is 2.14. The van der Waals surface area contributed by atoms with E-state index in [1.807, 2.05) is 45.0 Å². The second-order valence-corrected chi connectivity index (χ2v) is 8.14. The minimum absolute atomic E-state index is 0.0426. The normalized spacial score (nSPS) is 12.3. The van der Waals surface area contributed by atoms with E-state index in [9.17, 15) is 13.2 Å². The lowest BCUT2D eigenvalue weighted by Crippen LogP contribution is -2.40. The Morgan fingerprint density at radius 2 is 1.78 bits per heavy atom. The minimum Gasteiger partial charge on any atom is -0.383 e. The zero-order valence-corrected chi connectivity index (χ0v) is 16.9. The number of benzene rings is 2. The van der Waals surface area contributed by atoms with Gasteiger partial charge in [0.1, 0.15) is 5.75 Å². The minimum atomic E-state index is -3.56. The number of nitrogens with one attached hydrogen (secondary N) is 1. The summed E-state index contributed by atoms with van der Waals surface area (Å²) in [5.41, 5.74) is 2.67. The van der Waals surface area contributed by atoms with Crippen LogP contribution in [0.3, 0.4) is 0 Å². The Morgan fingerprint density at radius 3 is 2.33 bits per heavy atom. The Labute approximate surface area is 161 Å². The molecule has 0 saturated carbocycles. The summed E-state index contributed by atoms with van der Waals surface area (Å²) in [5.74, 6) is 0.251. The van der Waals surface area contributed by atoms with Crippen LogP contribution < -0.4 is 9.50 Å². The zero-order valence-electron chi connectivity index (χ0n) is 16.1. The standard InChI is InChI=1S/C20H26N2O4S/c1-5-16(3)22(20(23)21-19-9-7-6-8-15(19)2)14-17-10-12-18(13-11-17)26-27(4,24)25/h6-13,16H,5,14H2,1-4H3,(H,21,23). The Hall–Kier alpha value is -2.54. The molecule has 7 heteroatoms. The van der Waals surface area contributed by atoms with Gasteiger partial charge in [-0.15, -0.1) is 0 Å². The van der Waals surface area contributed by atoms with Gasteiger partial charge in [-0.1, -0.05) is 37.3 Å². The van der Waals surface area contributed by atoms with Crippen LogP contribution >= 0.6 is 0 Å². The van der Waals surface area contributed by atoms with E-state index in [1.54, 1.807) is 29.2 Å². The van der Waals surface area contributed by atoms with Gasteiger partial charge in [-0.25, -0.2) is 4.79 Å². The van der Waals surface area contributed by atoms with Crippen LogP contribution in [0, 0.1) is 6.92 Å².